The second-order valence-corrected chi connectivity index (χ2v) is 5.08. The number of rotatable bonds is 1. The fraction of sp³-hybridized carbons (Fsp3) is 0.727. The minimum absolute atomic E-state index is 0.287. The molecule has 1 saturated carbocycles. The fourth-order valence-electron chi connectivity index (χ4n) is 2.01. The maximum Gasteiger partial charge on any atom is 0.407 e. The summed E-state index contributed by atoms with van der Waals surface area (Å²) in [7, 11) is 0. The Bertz CT molecular complexity index is 278. The van der Waals surface area contributed by atoms with Crippen molar-refractivity contribution in [3.8, 4) is 0 Å². The Balaban J connectivity index is 1.77. The van der Waals surface area contributed by atoms with Gasteiger partial charge in [-0.15, -0.1) is 0 Å². The van der Waals surface area contributed by atoms with E-state index in [4.69, 9.17) is 4.74 Å². The molecule has 2 rings (SSSR count). The molecule has 0 radical (unpaired) electrons. The second kappa shape index (κ2) is 3.01. The molecule has 1 N–H and O–H groups in total. The molecule has 2 aliphatic carbocycles. The number of hydrogen-bond acceptors (Lipinski definition) is 2. The summed E-state index contributed by atoms with van der Waals surface area (Å²) < 4.78 is 5.18. The first-order valence-electron chi connectivity index (χ1n) is 5.13. The fourth-order valence-corrected chi connectivity index (χ4v) is 2.01. The van der Waals surface area contributed by atoms with Crippen molar-refractivity contribution in [2.24, 2.45) is 11.8 Å². The van der Waals surface area contributed by atoms with Crippen molar-refractivity contribution in [3.05, 3.63) is 12.2 Å². The number of carbonyl (C=O) groups excluding carboxylic acids is 1. The Kier molecular flexibility index (Phi) is 2.05. The Morgan fingerprint density at radius 3 is 2.71 bits per heavy atom. The van der Waals surface area contributed by atoms with E-state index in [1.54, 1.807) is 0 Å². The van der Waals surface area contributed by atoms with Crippen LogP contribution in [0.1, 0.15) is 27.2 Å². The normalized spacial score (nSPS) is 33.8. The van der Waals surface area contributed by atoms with Crippen LogP contribution in [-0.2, 0) is 4.74 Å². The van der Waals surface area contributed by atoms with Gasteiger partial charge in [-0.3, -0.25) is 0 Å². The minimum Gasteiger partial charge on any atom is -0.444 e. The Morgan fingerprint density at radius 1 is 1.50 bits per heavy atom. The van der Waals surface area contributed by atoms with Crippen LogP contribution in [0.3, 0.4) is 0 Å². The van der Waals surface area contributed by atoms with Crippen LogP contribution >= 0.6 is 0 Å². The third-order valence-electron chi connectivity index (χ3n) is 2.68. The van der Waals surface area contributed by atoms with Gasteiger partial charge < -0.3 is 10.1 Å². The van der Waals surface area contributed by atoms with Crippen LogP contribution in [0, 0.1) is 11.8 Å². The van der Waals surface area contributed by atoms with Gasteiger partial charge in [0.2, 0.25) is 0 Å². The van der Waals surface area contributed by atoms with Crippen LogP contribution in [0.4, 0.5) is 4.79 Å². The summed E-state index contributed by atoms with van der Waals surface area (Å²) in [6.45, 7) is 5.63. The number of alkyl carbamates (subject to hydrolysis) is 1. The van der Waals surface area contributed by atoms with Crippen molar-refractivity contribution in [1.82, 2.24) is 5.32 Å². The van der Waals surface area contributed by atoms with E-state index in [2.05, 4.69) is 17.5 Å². The van der Waals surface area contributed by atoms with Crippen LogP contribution in [0.25, 0.3) is 0 Å². The molecule has 0 bridgehead atoms. The molecule has 0 heterocycles. The summed E-state index contributed by atoms with van der Waals surface area (Å²) in [5, 5.41) is 2.90. The third-order valence-corrected chi connectivity index (χ3v) is 2.68. The lowest BCUT2D eigenvalue weighted by molar-refractivity contribution is 0.0519. The standard InChI is InChI=1S/C11H17NO2/c1-11(2,3)14-10(13)12-9-7-5-4-6-8(7)9/h4-5,7-9H,6H2,1-3H3,(H,12,13)/t7-,8-,9-/m1/s1. The van der Waals surface area contributed by atoms with Gasteiger partial charge >= 0.3 is 6.09 Å². The molecule has 0 saturated heterocycles. The van der Waals surface area contributed by atoms with Gasteiger partial charge in [-0.2, -0.15) is 0 Å². The number of ether oxygens (including phenoxy) is 1. The maximum absolute atomic E-state index is 11.4. The molecular weight excluding hydrogens is 178 g/mol. The molecule has 0 unspecified atom stereocenters. The number of fused-ring (bicyclic) bond motifs is 1. The topological polar surface area (TPSA) is 38.3 Å². The highest BCUT2D eigenvalue weighted by Crippen LogP contribution is 2.47. The van der Waals surface area contributed by atoms with Gasteiger partial charge in [-0.25, -0.2) is 4.79 Å². The van der Waals surface area contributed by atoms with Crippen molar-refractivity contribution in [2.75, 3.05) is 0 Å². The van der Waals surface area contributed by atoms with Crippen molar-refractivity contribution in [3.63, 3.8) is 0 Å². The number of carbonyl (C=O) groups is 1. The van der Waals surface area contributed by atoms with E-state index >= 15 is 0 Å². The van der Waals surface area contributed by atoms with E-state index in [1.165, 1.54) is 0 Å². The number of nitrogens with one attached hydrogen (secondary N) is 1. The van der Waals surface area contributed by atoms with E-state index < -0.39 is 5.60 Å². The molecule has 78 valence electrons. The summed E-state index contributed by atoms with van der Waals surface area (Å²) in [5.74, 6) is 1.21. The van der Waals surface area contributed by atoms with Crippen molar-refractivity contribution < 1.29 is 9.53 Å². The average Bonchev–Trinajstić information content (AvgIpc) is 2.50. The zero-order valence-electron chi connectivity index (χ0n) is 8.91. The van der Waals surface area contributed by atoms with Crippen molar-refractivity contribution in [1.29, 1.82) is 0 Å². The van der Waals surface area contributed by atoms with Crippen molar-refractivity contribution >= 4 is 6.09 Å². The summed E-state index contributed by atoms with van der Waals surface area (Å²) in [6, 6.07) is 0.329. The highest BCUT2D eigenvalue weighted by molar-refractivity contribution is 5.69. The molecule has 0 aromatic rings. The summed E-state index contributed by atoms with van der Waals surface area (Å²) >= 11 is 0. The van der Waals surface area contributed by atoms with Crippen LogP contribution < -0.4 is 5.32 Å². The van der Waals surface area contributed by atoms with Gasteiger partial charge in [0.05, 0.1) is 0 Å². The third kappa shape index (κ3) is 1.91. The maximum atomic E-state index is 11.4. The Hall–Kier alpha value is -0.990. The first-order valence-corrected chi connectivity index (χ1v) is 5.13. The van der Waals surface area contributed by atoms with E-state index in [0.29, 0.717) is 17.9 Å². The lowest BCUT2D eigenvalue weighted by atomic mass is 10.2. The molecule has 14 heavy (non-hydrogen) atoms. The highest BCUT2D eigenvalue weighted by atomic mass is 16.6. The molecule has 3 atom stereocenters. The minimum atomic E-state index is -0.399. The van der Waals surface area contributed by atoms with Crippen molar-refractivity contribution in [2.45, 2.75) is 38.8 Å². The van der Waals surface area contributed by atoms with Gasteiger partial charge in [-0.1, -0.05) is 12.2 Å². The molecule has 1 amide bonds. The summed E-state index contributed by atoms with van der Waals surface area (Å²) in [6.07, 6.45) is 5.19. The van der Waals surface area contributed by atoms with Gasteiger partial charge in [-0.05, 0) is 33.1 Å². The summed E-state index contributed by atoms with van der Waals surface area (Å²) in [5.41, 5.74) is -0.399. The van der Waals surface area contributed by atoms with Crippen LogP contribution in [0.2, 0.25) is 0 Å². The molecular formula is C11H17NO2. The van der Waals surface area contributed by atoms with Gasteiger partial charge in [0.15, 0.2) is 0 Å². The second-order valence-electron chi connectivity index (χ2n) is 5.08. The first-order chi connectivity index (χ1) is 6.47. The molecule has 0 spiro atoms. The lowest BCUT2D eigenvalue weighted by Crippen LogP contribution is -2.35. The van der Waals surface area contributed by atoms with Crippen LogP contribution in [0.15, 0.2) is 12.2 Å². The molecule has 2 aliphatic rings. The largest absolute Gasteiger partial charge is 0.444 e. The smallest absolute Gasteiger partial charge is 0.407 e. The van der Waals surface area contributed by atoms with Gasteiger partial charge in [0.25, 0.3) is 0 Å². The molecule has 0 aliphatic heterocycles. The zero-order chi connectivity index (χ0) is 10.3. The molecule has 1 fully saturated rings. The lowest BCUT2D eigenvalue weighted by Gasteiger charge is -2.19. The molecule has 0 aromatic heterocycles. The highest BCUT2D eigenvalue weighted by Gasteiger charge is 2.51. The van der Waals surface area contributed by atoms with E-state index in [9.17, 15) is 4.79 Å². The number of hydrogen-bond donors (Lipinski definition) is 1. The Labute approximate surface area is 84.5 Å². The summed E-state index contributed by atoms with van der Waals surface area (Å²) in [4.78, 5) is 11.4. The van der Waals surface area contributed by atoms with Gasteiger partial charge in [0, 0.05) is 12.0 Å². The Morgan fingerprint density at radius 2 is 2.21 bits per heavy atom. The quantitative estimate of drug-likeness (QED) is 0.650. The van der Waals surface area contributed by atoms with Gasteiger partial charge in [0.1, 0.15) is 5.60 Å². The SMILES string of the molecule is CC(C)(C)OC(=O)N[C@@H]1[C@@H]2C=CC[C@H]21. The van der Waals surface area contributed by atoms with Crippen LogP contribution in [0.5, 0.6) is 0 Å². The predicted molar refractivity (Wildman–Crippen MR) is 53.9 cm³/mol. The zero-order valence-corrected chi connectivity index (χ0v) is 8.91. The number of amides is 1. The molecule has 0 aromatic carbocycles. The monoisotopic (exact) mass is 195 g/mol. The van der Waals surface area contributed by atoms with E-state index in [0.717, 1.165) is 6.42 Å². The number of allylic oxidation sites excluding steroid dienone is 1. The molecule has 3 heteroatoms. The first kappa shape index (κ1) is 9.56. The van der Waals surface area contributed by atoms with E-state index in [-0.39, 0.29) is 6.09 Å². The van der Waals surface area contributed by atoms with E-state index in [1.807, 2.05) is 20.8 Å². The van der Waals surface area contributed by atoms with Crippen LogP contribution in [-0.4, -0.2) is 17.7 Å². The predicted octanol–water partition coefficient (Wildman–Crippen LogP) is 2.09. The average molecular weight is 195 g/mol. The molecule has 3 nitrogen and oxygen atoms in total.